The maximum Gasteiger partial charge on any atom is 0.311 e. The van der Waals surface area contributed by atoms with Crippen LogP contribution in [0.4, 0.5) is 0 Å². The first-order valence-corrected chi connectivity index (χ1v) is 13.8. The lowest BCUT2D eigenvalue weighted by Gasteiger charge is -2.52. The lowest BCUT2D eigenvalue weighted by atomic mass is 9.69. The zero-order chi connectivity index (χ0) is 24.5. The Hall–Kier alpha value is -2.21. The first-order valence-electron chi connectivity index (χ1n) is 13.8. The number of nitrogens with zero attached hydrogens (tertiary/aromatic N) is 3. The minimum absolute atomic E-state index is 0.0855. The topological polar surface area (TPSA) is 64.4 Å². The van der Waals surface area contributed by atoms with Crippen LogP contribution < -0.4 is 5.56 Å². The molecule has 2 heterocycles. The van der Waals surface area contributed by atoms with Gasteiger partial charge in [0.2, 0.25) is 0 Å². The van der Waals surface area contributed by atoms with Crippen LogP contribution in [-0.4, -0.2) is 45.7 Å². The van der Waals surface area contributed by atoms with Crippen LogP contribution in [0.3, 0.4) is 0 Å². The molecule has 0 amide bonds. The number of piperidine rings is 1. The van der Waals surface area contributed by atoms with Gasteiger partial charge in [-0.1, -0.05) is 44.7 Å². The second-order valence-corrected chi connectivity index (χ2v) is 11.4. The molecular formula is C29H41N3O3. The van der Waals surface area contributed by atoms with Crippen molar-refractivity contribution in [3.05, 3.63) is 40.3 Å². The van der Waals surface area contributed by atoms with Crippen molar-refractivity contribution >= 4 is 17.0 Å². The van der Waals surface area contributed by atoms with Crippen molar-refractivity contribution in [2.24, 2.45) is 11.8 Å². The van der Waals surface area contributed by atoms with E-state index < -0.39 is 5.97 Å². The molecule has 190 valence electrons. The number of carbonyl (C=O) groups is 1. The van der Waals surface area contributed by atoms with E-state index in [0.717, 1.165) is 42.1 Å². The van der Waals surface area contributed by atoms with Crippen LogP contribution in [0.15, 0.2) is 29.1 Å². The van der Waals surface area contributed by atoms with E-state index in [0.29, 0.717) is 18.1 Å². The number of rotatable bonds is 6. The molecule has 35 heavy (non-hydrogen) atoms. The van der Waals surface area contributed by atoms with Crippen molar-refractivity contribution in [2.45, 2.75) is 109 Å². The van der Waals surface area contributed by atoms with E-state index in [1.165, 1.54) is 52.1 Å². The summed E-state index contributed by atoms with van der Waals surface area (Å²) < 4.78 is 6.82. The van der Waals surface area contributed by atoms with Gasteiger partial charge in [-0.3, -0.25) is 14.5 Å². The van der Waals surface area contributed by atoms with Crippen molar-refractivity contribution < 1.29 is 9.53 Å². The summed E-state index contributed by atoms with van der Waals surface area (Å²) in [5.41, 5.74) is 1.80. The molecule has 6 heteroatoms. The maximum atomic E-state index is 13.7. The molecule has 2 aliphatic carbocycles. The Bertz CT molecular complexity index is 1100. The standard InChI is InChI=1S/C29H41N3O3/c1-4-8-22-17-23(13-19(2)31(22)24-15-20-9-7-10-21(14-20)16-24)32-27-12-6-5-11-25(27)30-26(29(32)34)18-28(33)35-3/h5-6,11-12,19-24H,4,7-10,13-18H2,1-3H3. The molecule has 5 atom stereocenters. The maximum absolute atomic E-state index is 13.7. The Kier molecular flexibility index (Phi) is 7.29. The second-order valence-electron chi connectivity index (χ2n) is 11.4. The van der Waals surface area contributed by atoms with Crippen molar-refractivity contribution in [1.29, 1.82) is 0 Å². The molecule has 6 nitrogen and oxygen atoms in total. The minimum atomic E-state index is -0.425. The number of ether oxygens (including phenoxy) is 1. The highest BCUT2D eigenvalue weighted by Gasteiger charge is 2.42. The predicted molar refractivity (Wildman–Crippen MR) is 138 cm³/mol. The van der Waals surface area contributed by atoms with Gasteiger partial charge < -0.3 is 9.30 Å². The number of para-hydroxylation sites is 2. The largest absolute Gasteiger partial charge is 0.469 e. The smallest absolute Gasteiger partial charge is 0.311 e. The van der Waals surface area contributed by atoms with Gasteiger partial charge in [0.1, 0.15) is 5.69 Å². The summed E-state index contributed by atoms with van der Waals surface area (Å²) in [7, 11) is 1.36. The van der Waals surface area contributed by atoms with Crippen LogP contribution in [0, 0.1) is 11.8 Å². The van der Waals surface area contributed by atoms with Crippen molar-refractivity contribution in [3.8, 4) is 0 Å². The highest BCUT2D eigenvalue weighted by atomic mass is 16.5. The van der Waals surface area contributed by atoms with E-state index in [1.54, 1.807) is 0 Å². The fourth-order valence-electron chi connectivity index (χ4n) is 7.71. The lowest BCUT2D eigenvalue weighted by Crippen LogP contribution is -2.56. The zero-order valence-corrected chi connectivity index (χ0v) is 21.6. The van der Waals surface area contributed by atoms with Gasteiger partial charge in [-0.05, 0) is 69.4 Å². The molecule has 0 spiro atoms. The van der Waals surface area contributed by atoms with Gasteiger partial charge in [-0.2, -0.15) is 0 Å². The molecule has 0 radical (unpaired) electrons. The zero-order valence-electron chi connectivity index (χ0n) is 21.6. The summed E-state index contributed by atoms with van der Waals surface area (Å²) in [6, 6.07) is 9.57. The highest BCUT2D eigenvalue weighted by molar-refractivity contribution is 5.77. The Morgan fingerprint density at radius 1 is 1.06 bits per heavy atom. The molecule has 2 bridgehead atoms. The quantitative estimate of drug-likeness (QED) is 0.528. The number of likely N-dealkylation sites (tertiary alicyclic amines) is 1. The van der Waals surface area contributed by atoms with E-state index in [-0.39, 0.29) is 23.7 Å². The predicted octanol–water partition coefficient (Wildman–Crippen LogP) is 5.27. The molecule has 3 fully saturated rings. The number of esters is 1. The number of hydrogen-bond acceptors (Lipinski definition) is 5. The average Bonchev–Trinajstić information content (AvgIpc) is 2.84. The third-order valence-electron chi connectivity index (χ3n) is 9.00. The fourth-order valence-corrected chi connectivity index (χ4v) is 7.71. The number of methoxy groups -OCH3 is 1. The number of hydrogen-bond donors (Lipinski definition) is 0. The molecule has 5 unspecified atom stereocenters. The second kappa shape index (κ2) is 10.4. The average molecular weight is 480 g/mol. The molecule has 2 saturated carbocycles. The van der Waals surface area contributed by atoms with Gasteiger partial charge in [0.25, 0.3) is 5.56 Å². The number of benzene rings is 1. The monoisotopic (exact) mass is 479 g/mol. The molecule has 1 saturated heterocycles. The summed E-state index contributed by atoms with van der Waals surface area (Å²) in [4.78, 5) is 33.2. The van der Waals surface area contributed by atoms with Gasteiger partial charge in [-0.15, -0.1) is 0 Å². The third kappa shape index (κ3) is 4.91. The first kappa shape index (κ1) is 24.5. The van der Waals surface area contributed by atoms with Crippen LogP contribution in [-0.2, 0) is 16.0 Å². The van der Waals surface area contributed by atoms with Crippen LogP contribution >= 0.6 is 0 Å². The van der Waals surface area contributed by atoms with Gasteiger partial charge in [0.05, 0.1) is 24.6 Å². The van der Waals surface area contributed by atoms with Crippen molar-refractivity contribution in [1.82, 2.24) is 14.5 Å². The number of aromatic nitrogens is 2. The minimum Gasteiger partial charge on any atom is -0.469 e. The van der Waals surface area contributed by atoms with Crippen LogP contribution in [0.1, 0.15) is 89.8 Å². The summed E-state index contributed by atoms with van der Waals surface area (Å²) in [5, 5.41) is 0. The van der Waals surface area contributed by atoms with Crippen LogP contribution in [0.5, 0.6) is 0 Å². The third-order valence-corrected chi connectivity index (χ3v) is 9.00. The highest BCUT2D eigenvalue weighted by Crippen LogP contribution is 2.45. The Labute approximate surface area is 209 Å². The molecule has 1 aliphatic heterocycles. The SMILES string of the molecule is CCCC1CC(n2c(=O)c(CC(=O)OC)nc3ccccc32)CC(C)N1C1CC2CCCC(C2)C1. The van der Waals surface area contributed by atoms with E-state index >= 15 is 0 Å². The normalized spacial score (nSPS) is 31.4. The summed E-state index contributed by atoms with van der Waals surface area (Å²) in [6.45, 7) is 4.66. The van der Waals surface area contributed by atoms with Gasteiger partial charge in [-0.25, -0.2) is 4.98 Å². The van der Waals surface area contributed by atoms with Gasteiger partial charge >= 0.3 is 5.97 Å². The molecule has 1 aromatic heterocycles. The Balaban J connectivity index is 1.48. The first-order chi connectivity index (χ1) is 17.0. The summed E-state index contributed by atoms with van der Waals surface area (Å²) in [6.07, 6.45) is 12.6. The lowest BCUT2D eigenvalue weighted by molar-refractivity contribution is -0.139. The van der Waals surface area contributed by atoms with Gasteiger partial charge in [0, 0.05) is 24.2 Å². The van der Waals surface area contributed by atoms with Crippen LogP contribution in [0.2, 0.25) is 0 Å². The molecule has 3 aliphatic rings. The van der Waals surface area contributed by atoms with Crippen molar-refractivity contribution in [2.75, 3.05) is 7.11 Å². The van der Waals surface area contributed by atoms with E-state index in [2.05, 4.69) is 23.7 Å². The summed E-state index contributed by atoms with van der Waals surface area (Å²) >= 11 is 0. The van der Waals surface area contributed by atoms with Crippen LogP contribution in [0.25, 0.3) is 11.0 Å². The Morgan fingerprint density at radius 3 is 2.51 bits per heavy atom. The van der Waals surface area contributed by atoms with E-state index in [9.17, 15) is 9.59 Å². The molecule has 2 aromatic rings. The number of fused-ring (bicyclic) bond motifs is 3. The molecule has 0 N–H and O–H groups in total. The van der Waals surface area contributed by atoms with Gasteiger partial charge in [0.15, 0.2) is 0 Å². The fraction of sp³-hybridized carbons (Fsp3) is 0.690. The Morgan fingerprint density at radius 2 is 1.80 bits per heavy atom. The van der Waals surface area contributed by atoms with E-state index in [4.69, 9.17) is 4.74 Å². The molecule has 1 aromatic carbocycles. The molecular weight excluding hydrogens is 438 g/mol. The van der Waals surface area contributed by atoms with Crippen molar-refractivity contribution in [3.63, 3.8) is 0 Å². The number of carbonyl (C=O) groups excluding carboxylic acids is 1. The summed E-state index contributed by atoms with van der Waals surface area (Å²) in [5.74, 6) is 1.39. The van der Waals surface area contributed by atoms with E-state index in [1.807, 2.05) is 28.8 Å². The molecule has 5 rings (SSSR count).